The number of unbranched alkanes of at least 4 members (excludes halogenated alkanes) is 1. The van der Waals surface area contributed by atoms with Crippen LogP contribution in [0.1, 0.15) is 73.3 Å². The molecule has 4 rings (SSSR count). The molecule has 0 spiro atoms. The molecule has 0 N–H and O–H groups in total. The van der Waals surface area contributed by atoms with Gasteiger partial charge in [0.1, 0.15) is 5.75 Å². The summed E-state index contributed by atoms with van der Waals surface area (Å²) in [5.41, 5.74) is 6.88. The van der Waals surface area contributed by atoms with Gasteiger partial charge in [-0.15, -0.1) is 0 Å². The molecule has 1 heterocycles. The number of hydrogen-bond donors (Lipinski definition) is 0. The lowest BCUT2D eigenvalue weighted by Gasteiger charge is -2.25. The van der Waals surface area contributed by atoms with Crippen LogP contribution in [0.2, 0.25) is 0 Å². The molecule has 1 unspecified atom stereocenters. The highest BCUT2D eigenvalue weighted by Crippen LogP contribution is 2.48. The number of rotatable bonds is 8. The second kappa shape index (κ2) is 9.22. The number of carbonyl (C=O) groups is 1. The standard InChI is InChI=1S/C26H32O4/c1-4-5-14-30-25(26(27)28-3)23-17(2)8-12-21(18-9-10-18)24(23)20-11-13-22-19(16-20)7-6-15-29-22/h8,11-13,16,18,25H,4-7,9-10,14-15H2,1-3H3. The zero-order chi connectivity index (χ0) is 21.1. The molecule has 2 aromatic carbocycles. The Labute approximate surface area is 179 Å². The van der Waals surface area contributed by atoms with E-state index in [9.17, 15) is 4.79 Å². The molecule has 0 aromatic heterocycles. The summed E-state index contributed by atoms with van der Waals surface area (Å²) in [7, 11) is 1.44. The third-order valence-corrected chi connectivity index (χ3v) is 6.17. The lowest BCUT2D eigenvalue weighted by atomic mass is 9.85. The molecule has 1 atom stereocenters. The Bertz CT molecular complexity index is 913. The predicted molar refractivity (Wildman–Crippen MR) is 118 cm³/mol. The minimum absolute atomic E-state index is 0.329. The van der Waals surface area contributed by atoms with Gasteiger partial charge in [0.2, 0.25) is 0 Å². The Balaban J connectivity index is 1.85. The van der Waals surface area contributed by atoms with Crippen molar-refractivity contribution in [3.63, 3.8) is 0 Å². The van der Waals surface area contributed by atoms with E-state index in [-0.39, 0.29) is 5.97 Å². The van der Waals surface area contributed by atoms with Crippen LogP contribution in [0.25, 0.3) is 11.1 Å². The van der Waals surface area contributed by atoms with E-state index in [1.165, 1.54) is 31.1 Å². The number of carbonyl (C=O) groups excluding carboxylic acids is 1. The largest absolute Gasteiger partial charge is 0.493 e. The van der Waals surface area contributed by atoms with Crippen molar-refractivity contribution in [1.82, 2.24) is 0 Å². The maximum atomic E-state index is 12.8. The minimum atomic E-state index is -0.706. The van der Waals surface area contributed by atoms with E-state index in [0.29, 0.717) is 12.5 Å². The van der Waals surface area contributed by atoms with Gasteiger partial charge in [0, 0.05) is 12.2 Å². The molecule has 1 aliphatic heterocycles. The van der Waals surface area contributed by atoms with Crippen LogP contribution >= 0.6 is 0 Å². The van der Waals surface area contributed by atoms with Crippen LogP contribution in [0.4, 0.5) is 0 Å². The molecule has 2 aliphatic rings. The smallest absolute Gasteiger partial charge is 0.339 e. The lowest BCUT2D eigenvalue weighted by Crippen LogP contribution is -2.21. The first-order chi connectivity index (χ1) is 14.6. The van der Waals surface area contributed by atoms with Crippen LogP contribution in [0.15, 0.2) is 30.3 Å². The minimum Gasteiger partial charge on any atom is -0.493 e. The van der Waals surface area contributed by atoms with Crippen molar-refractivity contribution in [3.05, 3.63) is 52.6 Å². The van der Waals surface area contributed by atoms with Crippen molar-refractivity contribution in [2.24, 2.45) is 0 Å². The maximum absolute atomic E-state index is 12.8. The van der Waals surface area contributed by atoms with Crippen LogP contribution < -0.4 is 4.74 Å². The van der Waals surface area contributed by atoms with Crippen LogP contribution in [-0.2, 0) is 20.7 Å². The van der Waals surface area contributed by atoms with Crippen LogP contribution in [-0.4, -0.2) is 26.3 Å². The lowest BCUT2D eigenvalue weighted by molar-refractivity contribution is -0.154. The van der Waals surface area contributed by atoms with E-state index in [4.69, 9.17) is 14.2 Å². The normalized spacial score (nSPS) is 16.5. The van der Waals surface area contributed by atoms with Gasteiger partial charge < -0.3 is 14.2 Å². The zero-order valence-corrected chi connectivity index (χ0v) is 18.3. The second-order valence-electron chi connectivity index (χ2n) is 8.44. The van der Waals surface area contributed by atoms with Gasteiger partial charge in [-0.2, -0.15) is 0 Å². The Morgan fingerprint density at radius 2 is 2.07 bits per heavy atom. The van der Waals surface area contributed by atoms with E-state index < -0.39 is 6.10 Å². The fraction of sp³-hybridized carbons (Fsp3) is 0.500. The zero-order valence-electron chi connectivity index (χ0n) is 18.3. The number of methoxy groups -OCH3 is 1. The molecule has 0 radical (unpaired) electrons. The molecule has 30 heavy (non-hydrogen) atoms. The van der Waals surface area contributed by atoms with Gasteiger partial charge in [-0.25, -0.2) is 4.79 Å². The SMILES string of the molecule is CCCCOC(C(=O)OC)c1c(C)ccc(C2CC2)c1-c1ccc2c(c1)CCCO2. The van der Waals surface area contributed by atoms with E-state index in [0.717, 1.165) is 60.3 Å². The summed E-state index contributed by atoms with van der Waals surface area (Å²) in [4.78, 5) is 12.8. The molecule has 4 heteroatoms. The fourth-order valence-corrected chi connectivity index (χ4v) is 4.37. The van der Waals surface area contributed by atoms with Crippen LogP contribution in [0, 0.1) is 6.92 Å². The summed E-state index contributed by atoms with van der Waals surface area (Å²) >= 11 is 0. The molecule has 0 bridgehead atoms. The summed E-state index contributed by atoms with van der Waals surface area (Å²) < 4.78 is 17.1. The third-order valence-electron chi connectivity index (χ3n) is 6.17. The van der Waals surface area contributed by atoms with Crippen molar-refractivity contribution in [3.8, 4) is 16.9 Å². The summed E-state index contributed by atoms with van der Waals surface area (Å²) in [6.45, 7) is 5.51. The monoisotopic (exact) mass is 408 g/mol. The molecule has 1 aliphatic carbocycles. The number of fused-ring (bicyclic) bond motifs is 1. The van der Waals surface area contributed by atoms with Gasteiger partial charge in [-0.1, -0.05) is 31.5 Å². The molecule has 0 amide bonds. The van der Waals surface area contributed by atoms with Gasteiger partial charge in [0.05, 0.1) is 13.7 Å². The molecule has 0 saturated heterocycles. The summed E-state index contributed by atoms with van der Waals surface area (Å²) in [6, 6.07) is 10.8. The van der Waals surface area contributed by atoms with E-state index >= 15 is 0 Å². The number of hydrogen-bond acceptors (Lipinski definition) is 4. The van der Waals surface area contributed by atoms with Crippen molar-refractivity contribution >= 4 is 5.97 Å². The van der Waals surface area contributed by atoms with Crippen LogP contribution in [0.5, 0.6) is 5.75 Å². The molecule has 1 saturated carbocycles. The fourth-order valence-electron chi connectivity index (χ4n) is 4.37. The second-order valence-corrected chi connectivity index (χ2v) is 8.44. The molecular weight excluding hydrogens is 376 g/mol. The van der Waals surface area contributed by atoms with Gasteiger partial charge in [-0.05, 0) is 84.9 Å². The van der Waals surface area contributed by atoms with E-state index in [1.807, 2.05) is 0 Å². The summed E-state index contributed by atoms with van der Waals surface area (Å²) in [5.74, 6) is 1.21. The highest BCUT2D eigenvalue weighted by molar-refractivity contribution is 5.84. The Morgan fingerprint density at radius 1 is 1.23 bits per heavy atom. The van der Waals surface area contributed by atoms with Crippen molar-refractivity contribution in [2.45, 2.75) is 64.4 Å². The van der Waals surface area contributed by atoms with E-state index in [2.05, 4.69) is 44.2 Å². The number of aryl methyl sites for hydroxylation is 2. The first kappa shape index (κ1) is 20.9. The quantitative estimate of drug-likeness (QED) is 0.403. The molecule has 160 valence electrons. The van der Waals surface area contributed by atoms with E-state index in [1.54, 1.807) is 0 Å². The number of ether oxygens (including phenoxy) is 3. The topological polar surface area (TPSA) is 44.8 Å². The van der Waals surface area contributed by atoms with Gasteiger partial charge in [-0.3, -0.25) is 0 Å². The number of esters is 1. The molecule has 4 nitrogen and oxygen atoms in total. The average molecular weight is 409 g/mol. The summed E-state index contributed by atoms with van der Waals surface area (Å²) in [5, 5.41) is 0. The first-order valence-corrected chi connectivity index (χ1v) is 11.2. The van der Waals surface area contributed by atoms with Crippen molar-refractivity contribution in [2.75, 3.05) is 20.3 Å². The molecule has 2 aromatic rings. The molecule has 1 fully saturated rings. The average Bonchev–Trinajstić information content (AvgIpc) is 3.61. The summed E-state index contributed by atoms with van der Waals surface area (Å²) in [6.07, 6.45) is 5.69. The first-order valence-electron chi connectivity index (χ1n) is 11.2. The van der Waals surface area contributed by atoms with Crippen molar-refractivity contribution in [1.29, 1.82) is 0 Å². The Hall–Kier alpha value is -2.33. The maximum Gasteiger partial charge on any atom is 0.339 e. The van der Waals surface area contributed by atoms with Crippen molar-refractivity contribution < 1.29 is 19.0 Å². The van der Waals surface area contributed by atoms with Gasteiger partial charge >= 0.3 is 5.97 Å². The number of benzene rings is 2. The highest BCUT2D eigenvalue weighted by Gasteiger charge is 2.33. The van der Waals surface area contributed by atoms with Crippen LogP contribution in [0.3, 0.4) is 0 Å². The Kier molecular flexibility index (Phi) is 6.43. The highest BCUT2D eigenvalue weighted by atomic mass is 16.6. The van der Waals surface area contributed by atoms with Gasteiger partial charge in [0.25, 0.3) is 0 Å². The third kappa shape index (κ3) is 4.24. The predicted octanol–water partition coefficient (Wildman–Crippen LogP) is 5.90. The van der Waals surface area contributed by atoms with Gasteiger partial charge in [0.15, 0.2) is 6.10 Å². The Morgan fingerprint density at radius 3 is 2.80 bits per heavy atom. The molecular formula is C26H32O4.